The molecular formula is C17H23NO4S. The molecule has 1 aromatic carbocycles. The normalized spacial score (nSPS) is 34.3. The van der Waals surface area contributed by atoms with Crippen molar-refractivity contribution in [1.82, 2.24) is 4.31 Å². The van der Waals surface area contributed by atoms with Crippen LogP contribution >= 0.6 is 0 Å². The summed E-state index contributed by atoms with van der Waals surface area (Å²) in [4.78, 5) is 12.4. The van der Waals surface area contributed by atoms with E-state index in [0.29, 0.717) is 24.4 Å². The first-order chi connectivity index (χ1) is 10.7. The number of carbonyl (C=O) groups is 1. The first-order valence-corrected chi connectivity index (χ1v) is 9.27. The standard InChI is InChI=1S/C17H23NO4S/c1-16-9-14(15(19)22-3)17(2,10-16)12-18(11-16)23(20,21)13-7-5-4-6-8-13/h4-8,14H,9-12H2,1-3H3. The molecule has 126 valence electrons. The van der Waals surface area contributed by atoms with Crippen molar-refractivity contribution in [3.05, 3.63) is 30.3 Å². The van der Waals surface area contributed by atoms with Crippen LogP contribution in [0.5, 0.6) is 0 Å². The van der Waals surface area contributed by atoms with Crippen molar-refractivity contribution >= 4 is 16.0 Å². The Bertz CT molecular complexity index is 717. The predicted octanol–water partition coefficient (Wildman–Crippen LogP) is 2.29. The first kappa shape index (κ1) is 16.5. The quantitative estimate of drug-likeness (QED) is 0.794. The van der Waals surface area contributed by atoms with Crippen molar-refractivity contribution in [2.24, 2.45) is 16.7 Å². The Kier molecular flexibility index (Phi) is 3.80. The van der Waals surface area contributed by atoms with Gasteiger partial charge in [0.15, 0.2) is 0 Å². The third kappa shape index (κ3) is 2.68. The number of methoxy groups -OCH3 is 1. The molecular weight excluding hydrogens is 314 g/mol. The summed E-state index contributed by atoms with van der Waals surface area (Å²) in [6, 6.07) is 8.50. The molecule has 3 rings (SSSR count). The summed E-state index contributed by atoms with van der Waals surface area (Å²) in [5.41, 5.74) is -0.560. The van der Waals surface area contributed by atoms with Gasteiger partial charge in [-0.3, -0.25) is 4.79 Å². The lowest BCUT2D eigenvalue weighted by Gasteiger charge is -2.42. The van der Waals surface area contributed by atoms with E-state index in [1.54, 1.807) is 34.6 Å². The van der Waals surface area contributed by atoms with Gasteiger partial charge in [-0.1, -0.05) is 32.0 Å². The number of piperidine rings is 1. The molecule has 0 spiro atoms. The highest BCUT2D eigenvalue weighted by Gasteiger charge is 2.59. The van der Waals surface area contributed by atoms with Crippen LogP contribution in [0.15, 0.2) is 35.2 Å². The molecule has 2 bridgehead atoms. The van der Waals surface area contributed by atoms with E-state index in [4.69, 9.17) is 4.74 Å². The number of carbonyl (C=O) groups excluding carboxylic acids is 1. The molecule has 1 saturated carbocycles. The second kappa shape index (κ2) is 5.31. The minimum Gasteiger partial charge on any atom is -0.469 e. The van der Waals surface area contributed by atoms with Gasteiger partial charge in [0.1, 0.15) is 0 Å². The highest BCUT2D eigenvalue weighted by molar-refractivity contribution is 7.89. The summed E-state index contributed by atoms with van der Waals surface area (Å²) >= 11 is 0. The Morgan fingerprint density at radius 1 is 1.22 bits per heavy atom. The summed E-state index contributed by atoms with van der Waals surface area (Å²) in [6.07, 6.45) is 1.53. The molecule has 0 aromatic heterocycles. The molecule has 1 saturated heterocycles. The summed E-state index contributed by atoms with van der Waals surface area (Å²) in [7, 11) is -2.14. The van der Waals surface area contributed by atoms with Gasteiger partial charge in [-0.05, 0) is 35.8 Å². The minimum atomic E-state index is -3.54. The van der Waals surface area contributed by atoms with Crippen LogP contribution in [0.25, 0.3) is 0 Å². The van der Waals surface area contributed by atoms with E-state index in [9.17, 15) is 13.2 Å². The Morgan fingerprint density at radius 2 is 1.87 bits per heavy atom. The largest absolute Gasteiger partial charge is 0.469 e. The van der Waals surface area contributed by atoms with Gasteiger partial charge in [0, 0.05) is 13.1 Å². The van der Waals surface area contributed by atoms with Gasteiger partial charge < -0.3 is 4.74 Å². The average Bonchev–Trinajstić information content (AvgIpc) is 2.71. The monoisotopic (exact) mass is 337 g/mol. The highest BCUT2D eigenvalue weighted by Crippen LogP contribution is 2.57. The molecule has 3 unspecified atom stereocenters. The van der Waals surface area contributed by atoms with Gasteiger partial charge in [-0.25, -0.2) is 8.42 Å². The van der Waals surface area contributed by atoms with E-state index >= 15 is 0 Å². The van der Waals surface area contributed by atoms with Crippen LogP contribution < -0.4 is 0 Å². The number of nitrogens with zero attached hydrogens (tertiary/aromatic N) is 1. The summed E-state index contributed by atoms with van der Waals surface area (Å²) in [5.74, 6) is -0.469. The summed E-state index contributed by atoms with van der Waals surface area (Å²) in [5, 5.41) is 0. The molecule has 1 aliphatic carbocycles. The average molecular weight is 337 g/mol. The van der Waals surface area contributed by atoms with Crippen molar-refractivity contribution in [3.63, 3.8) is 0 Å². The highest BCUT2D eigenvalue weighted by atomic mass is 32.2. The molecule has 23 heavy (non-hydrogen) atoms. The van der Waals surface area contributed by atoms with Crippen molar-refractivity contribution < 1.29 is 17.9 Å². The van der Waals surface area contributed by atoms with Crippen LogP contribution in [0.3, 0.4) is 0 Å². The number of hydrogen-bond donors (Lipinski definition) is 0. The van der Waals surface area contributed by atoms with Crippen molar-refractivity contribution in [2.45, 2.75) is 31.6 Å². The maximum Gasteiger partial charge on any atom is 0.309 e. The van der Waals surface area contributed by atoms with Crippen molar-refractivity contribution in [1.29, 1.82) is 0 Å². The fourth-order valence-electron chi connectivity index (χ4n) is 4.50. The van der Waals surface area contributed by atoms with E-state index < -0.39 is 10.0 Å². The Labute approximate surface area is 137 Å². The number of fused-ring (bicyclic) bond motifs is 2. The molecule has 1 heterocycles. The zero-order valence-corrected chi connectivity index (χ0v) is 14.6. The van der Waals surface area contributed by atoms with E-state index in [-0.39, 0.29) is 22.7 Å². The number of sulfonamides is 1. The Morgan fingerprint density at radius 3 is 2.48 bits per heavy atom. The third-order valence-corrected chi connectivity index (χ3v) is 7.14. The molecule has 1 aromatic rings. The van der Waals surface area contributed by atoms with Gasteiger partial charge in [0.05, 0.1) is 17.9 Å². The van der Waals surface area contributed by atoms with Crippen molar-refractivity contribution in [3.8, 4) is 0 Å². The molecule has 0 N–H and O–H groups in total. The van der Waals surface area contributed by atoms with Gasteiger partial charge in [-0.15, -0.1) is 0 Å². The zero-order valence-electron chi connectivity index (χ0n) is 13.8. The third-order valence-electron chi connectivity index (χ3n) is 5.33. The Hall–Kier alpha value is -1.40. The molecule has 5 nitrogen and oxygen atoms in total. The molecule has 6 heteroatoms. The van der Waals surface area contributed by atoms with Crippen LogP contribution in [0.1, 0.15) is 26.7 Å². The lowest BCUT2D eigenvalue weighted by molar-refractivity contribution is -0.148. The molecule has 0 radical (unpaired) electrons. The number of hydrogen-bond acceptors (Lipinski definition) is 4. The SMILES string of the molecule is COC(=O)C1CC2(C)CN(S(=O)(=O)c3ccccc3)CC1(C)C2. The van der Waals surface area contributed by atoms with E-state index in [2.05, 4.69) is 6.92 Å². The Balaban J connectivity index is 1.95. The molecule has 2 fully saturated rings. The number of benzene rings is 1. The van der Waals surface area contributed by atoms with Gasteiger partial charge in [0.2, 0.25) is 10.0 Å². The number of ether oxygens (including phenoxy) is 1. The lowest BCUT2D eigenvalue weighted by Crippen LogP contribution is -2.49. The first-order valence-electron chi connectivity index (χ1n) is 7.83. The van der Waals surface area contributed by atoms with E-state index in [0.717, 1.165) is 6.42 Å². The maximum absolute atomic E-state index is 12.9. The van der Waals surface area contributed by atoms with Crippen LogP contribution in [-0.4, -0.2) is 38.9 Å². The van der Waals surface area contributed by atoms with Crippen molar-refractivity contribution in [2.75, 3.05) is 20.2 Å². The topological polar surface area (TPSA) is 63.7 Å². The van der Waals surface area contributed by atoms with Gasteiger partial charge >= 0.3 is 5.97 Å². The minimum absolute atomic E-state index is 0.187. The number of esters is 1. The van der Waals surface area contributed by atoms with Gasteiger partial charge in [-0.2, -0.15) is 4.31 Å². The second-order valence-electron chi connectivity index (χ2n) is 7.51. The van der Waals surface area contributed by atoms with Gasteiger partial charge in [0.25, 0.3) is 0 Å². The van der Waals surface area contributed by atoms with Crippen LogP contribution in [0.4, 0.5) is 0 Å². The molecule has 0 amide bonds. The summed E-state index contributed by atoms with van der Waals surface area (Å²) in [6.45, 7) is 4.89. The smallest absolute Gasteiger partial charge is 0.309 e. The maximum atomic E-state index is 12.9. The van der Waals surface area contributed by atoms with Crippen LogP contribution in [-0.2, 0) is 19.6 Å². The van der Waals surface area contributed by atoms with E-state index in [1.165, 1.54) is 7.11 Å². The fourth-order valence-corrected chi connectivity index (χ4v) is 6.25. The summed E-state index contributed by atoms with van der Waals surface area (Å²) < 4.78 is 32.4. The van der Waals surface area contributed by atoms with E-state index in [1.807, 2.05) is 6.92 Å². The molecule has 3 atom stereocenters. The second-order valence-corrected chi connectivity index (χ2v) is 9.45. The predicted molar refractivity (Wildman–Crippen MR) is 86.2 cm³/mol. The van der Waals surface area contributed by atoms with Crippen LogP contribution in [0.2, 0.25) is 0 Å². The molecule has 1 aliphatic heterocycles. The lowest BCUT2D eigenvalue weighted by atomic mass is 9.76. The van der Waals surface area contributed by atoms with Crippen LogP contribution in [0, 0.1) is 16.7 Å². The molecule has 2 aliphatic rings. The fraction of sp³-hybridized carbons (Fsp3) is 0.588. The zero-order chi connectivity index (χ0) is 16.9. The number of rotatable bonds is 3.